The lowest BCUT2D eigenvalue weighted by Gasteiger charge is -2.45. The SMILES string of the molecule is CCC1(CN2CCC(=O)N3CCCCC3C2=O)CCC1. The van der Waals surface area contributed by atoms with E-state index in [4.69, 9.17) is 0 Å². The Balaban J connectivity index is 1.75. The standard InChI is InChI=1S/C16H26N2O2/c1-2-16(8-5-9-16)12-17-11-7-14(19)18-10-4-3-6-13(18)15(17)20/h13H,2-12H2,1H3. The van der Waals surface area contributed by atoms with E-state index in [1.54, 1.807) is 0 Å². The Bertz CT molecular complexity index is 398. The van der Waals surface area contributed by atoms with E-state index in [9.17, 15) is 9.59 Å². The van der Waals surface area contributed by atoms with Gasteiger partial charge < -0.3 is 9.80 Å². The number of amides is 2. The highest BCUT2D eigenvalue weighted by Crippen LogP contribution is 2.44. The Morgan fingerprint density at radius 1 is 1.15 bits per heavy atom. The number of carbonyl (C=O) groups is 2. The summed E-state index contributed by atoms with van der Waals surface area (Å²) in [6.07, 6.45) is 8.44. The van der Waals surface area contributed by atoms with Crippen molar-refractivity contribution in [3.05, 3.63) is 0 Å². The van der Waals surface area contributed by atoms with Crippen molar-refractivity contribution in [3.8, 4) is 0 Å². The largest absolute Gasteiger partial charge is 0.340 e. The predicted octanol–water partition coefficient (Wildman–Crippen LogP) is 2.18. The van der Waals surface area contributed by atoms with Crippen molar-refractivity contribution < 1.29 is 9.59 Å². The molecule has 0 aromatic carbocycles. The normalized spacial score (nSPS) is 29.8. The minimum absolute atomic E-state index is 0.160. The van der Waals surface area contributed by atoms with Gasteiger partial charge in [0.1, 0.15) is 6.04 Å². The van der Waals surface area contributed by atoms with E-state index in [1.165, 1.54) is 19.3 Å². The third-order valence-electron chi connectivity index (χ3n) is 5.71. The second-order valence-corrected chi connectivity index (χ2v) is 6.82. The lowest BCUT2D eigenvalue weighted by Crippen LogP contribution is -2.52. The third-order valence-corrected chi connectivity index (χ3v) is 5.71. The number of piperidine rings is 1. The van der Waals surface area contributed by atoms with Crippen LogP contribution in [0.15, 0.2) is 0 Å². The molecule has 2 heterocycles. The van der Waals surface area contributed by atoms with Gasteiger partial charge in [0.25, 0.3) is 0 Å². The van der Waals surface area contributed by atoms with E-state index in [0.717, 1.165) is 38.8 Å². The number of fused-ring (bicyclic) bond motifs is 1. The second kappa shape index (κ2) is 5.38. The van der Waals surface area contributed by atoms with Gasteiger partial charge in [0.2, 0.25) is 11.8 Å². The first kappa shape index (κ1) is 13.9. The van der Waals surface area contributed by atoms with Gasteiger partial charge in [0, 0.05) is 26.1 Å². The summed E-state index contributed by atoms with van der Waals surface area (Å²) in [6.45, 7) is 4.52. The first-order valence-electron chi connectivity index (χ1n) is 8.23. The molecule has 2 aliphatic heterocycles. The number of carbonyl (C=O) groups excluding carboxylic acids is 2. The van der Waals surface area contributed by atoms with E-state index in [0.29, 0.717) is 18.4 Å². The predicted molar refractivity (Wildman–Crippen MR) is 77.1 cm³/mol. The molecule has 1 aliphatic carbocycles. The molecule has 0 aromatic rings. The Labute approximate surface area is 121 Å². The molecule has 4 nitrogen and oxygen atoms in total. The Kier molecular flexibility index (Phi) is 3.74. The zero-order chi connectivity index (χ0) is 14.2. The van der Waals surface area contributed by atoms with Crippen molar-refractivity contribution in [2.75, 3.05) is 19.6 Å². The van der Waals surface area contributed by atoms with Gasteiger partial charge in [-0.1, -0.05) is 13.3 Å². The molecule has 1 atom stereocenters. The monoisotopic (exact) mass is 278 g/mol. The summed E-state index contributed by atoms with van der Waals surface area (Å²) in [5, 5.41) is 0. The van der Waals surface area contributed by atoms with Crippen LogP contribution >= 0.6 is 0 Å². The van der Waals surface area contributed by atoms with Gasteiger partial charge in [-0.3, -0.25) is 9.59 Å². The maximum Gasteiger partial charge on any atom is 0.245 e. The average molecular weight is 278 g/mol. The third kappa shape index (κ3) is 2.33. The summed E-state index contributed by atoms with van der Waals surface area (Å²) in [4.78, 5) is 28.9. The molecular weight excluding hydrogens is 252 g/mol. The average Bonchev–Trinajstić information content (AvgIpc) is 2.55. The molecule has 3 fully saturated rings. The topological polar surface area (TPSA) is 40.6 Å². The molecule has 0 bridgehead atoms. The van der Waals surface area contributed by atoms with Gasteiger partial charge in [-0.15, -0.1) is 0 Å². The number of nitrogens with zero attached hydrogens (tertiary/aromatic N) is 2. The van der Waals surface area contributed by atoms with Crippen molar-refractivity contribution in [2.24, 2.45) is 5.41 Å². The summed E-state index contributed by atoms with van der Waals surface area (Å²) in [5.41, 5.74) is 0.350. The second-order valence-electron chi connectivity index (χ2n) is 6.82. The summed E-state index contributed by atoms with van der Waals surface area (Å²) >= 11 is 0. The lowest BCUT2D eigenvalue weighted by atomic mass is 9.66. The van der Waals surface area contributed by atoms with Crippen LogP contribution in [0.5, 0.6) is 0 Å². The molecule has 112 valence electrons. The fraction of sp³-hybridized carbons (Fsp3) is 0.875. The van der Waals surface area contributed by atoms with Crippen LogP contribution in [0.25, 0.3) is 0 Å². The van der Waals surface area contributed by atoms with E-state index in [-0.39, 0.29) is 17.9 Å². The first-order chi connectivity index (χ1) is 9.65. The van der Waals surface area contributed by atoms with Gasteiger partial charge in [-0.2, -0.15) is 0 Å². The molecule has 4 heteroatoms. The summed E-state index contributed by atoms with van der Waals surface area (Å²) in [6, 6.07) is -0.160. The highest BCUT2D eigenvalue weighted by atomic mass is 16.2. The smallest absolute Gasteiger partial charge is 0.245 e. The number of rotatable bonds is 3. The Hall–Kier alpha value is -1.06. The van der Waals surface area contributed by atoms with Gasteiger partial charge in [-0.25, -0.2) is 0 Å². The molecule has 0 radical (unpaired) electrons. The van der Waals surface area contributed by atoms with Crippen molar-refractivity contribution in [2.45, 2.75) is 64.3 Å². The summed E-state index contributed by atoms with van der Waals surface area (Å²) in [5.74, 6) is 0.403. The zero-order valence-corrected chi connectivity index (χ0v) is 12.6. The van der Waals surface area contributed by atoms with Crippen molar-refractivity contribution in [3.63, 3.8) is 0 Å². The molecule has 0 aromatic heterocycles. The Morgan fingerprint density at radius 3 is 2.60 bits per heavy atom. The fourth-order valence-electron chi connectivity index (χ4n) is 4.04. The minimum Gasteiger partial charge on any atom is -0.340 e. The van der Waals surface area contributed by atoms with Gasteiger partial charge in [-0.05, 0) is 43.9 Å². The molecule has 2 amide bonds. The van der Waals surface area contributed by atoms with Gasteiger partial charge >= 0.3 is 0 Å². The Morgan fingerprint density at radius 2 is 1.95 bits per heavy atom. The van der Waals surface area contributed by atoms with Crippen LogP contribution < -0.4 is 0 Å². The lowest BCUT2D eigenvalue weighted by molar-refractivity contribution is -0.144. The van der Waals surface area contributed by atoms with Crippen molar-refractivity contribution >= 4 is 11.8 Å². The zero-order valence-electron chi connectivity index (χ0n) is 12.6. The molecule has 0 spiro atoms. The highest BCUT2D eigenvalue weighted by Gasteiger charge is 2.42. The molecule has 2 saturated heterocycles. The molecule has 3 rings (SSSR count). The van der Waals surface area contributed by atoms with Crippen LogP contribution in [0.3, 0.4) is 0 Å². The maximum atomic E-state index is 12.8. The van der Waals surface area contributed by atoms with Crippen LogP contribution in [-0.2, 0) is 9.59 Å². The van der Waals surface area contributed by atoms with E-state index < -0.39 is 0 Å². The van der Waals surface area contributed by atoms with Gasteiger partial charge in [0.05, 0.1) is 0 Å². The molecule has 3 aliphatic rings. The molecule has 1 unspecified atom stereocenters. The van der Waals surface area contributed by atoms with Gasteiger partial charge in [0.15, 0.2) is 0 Å². The van der Waals surface area contributed by atoms with Crippen LogP contribution in [0, 0.1) is 5.41 Å². The van der Waals surface area contributed by atoms with Crippen LogP contribution in [-0.4, -0.2) is 47.3 Å². The molecule has 1 saturated carbocycles. The van der Waals surface area contributed by atoms with Crippen LogP contribution in [0.1, 0.15) is 58.3 Å². The molecule has 0 N–H and O–H groups in total. The summed E-state index contributed by atoms with van der Waals surface area (Å²) < 4.78 is 0. The summed E-state index contributed by atoms with van der Waals surface area (Å²) in [7, 11) is 0. The van der Waals surface area contributed by atoms with Crippen LogP contribution in [0.4, 0.5) is 0 Å². The van der Waals surface area contributed by atoms with Crippen molar-refractivity contribution in [1.82, 2.24) is 9.80 Å². The van der Waals surface area contributed by atoms with E-state index in [2.05, 4.69) is 6.92 Å². The number of hydrogen-bond donors (Lipinski definition) is 0. The molecular formula is C16H26N2O2. The first-order valence-corrected chi connectivity index (χ1v) is 8.23. The molecule has 20 heavy (non-hydrogen) atoms. The van der Waals surface area contributed by atoms with E-state index in [1.807, 2.05) is 9.80 Å². The van der Waals surface area contributed by atoms with Crippen molar-refractivity contribution in [1.29, 1.82) is 0 Å². The fourth-order valence-corrected chi connectivity index (χ4v) is 4.04. The minimum atomic E-state index is -0.160. The number of hydrogen-bond acceptors (Lipinski definition) is 2. The van der Waals surface area contributed by atoms with E-state index >= 15 is 0 Å². The van der Waals surface area contributed by atoms with Crippen LogP contribution in [0.2, 0.25) is 0 Å². The quantitative estimate of drug-likeness (QED) is 0.794. The highest BCUT2D eigenvalue weighted by molar-refractivity contribution is 5.90. The maximum absolute atomic E-state index is 12.8.